The molecule has 0 amide bonds. The molecule has 140 valence electrons. The molecule has 0 aliphatic carbocycles. The van der Waals surface area contributed by atoms with Crippen LogP contribution in [0.3, 0.4) is 0 Å². The van der Waals surface area contributed by atoms with E-state index in [1.54, 1.807) is 31.2 Å². The third-order valence-electron chi connectivity index (χ3n) is 3.58. The Hall–Kier alpha value is -2.38. The number of carbonyl (C=O) groups excluding carboxylic acids is 1. The summed E-state index contributed by atoms with van der Waals surface area (Å²) in [5.41, 5.74) is 1.93. The number of carbonyl (C=O) groups is 1. The standard InChI is InChI=1S/C19H23NO5S/c1-3-24-19(21)18(20-14-16-7-5-4-6-8-16)13-15-9-11-17(12-10-15)25-26(2,22)23/h4-12,18,20H,3,13-14H2,1-2H3/t18-/m0/s1. The van der Waals surface area contributed by atoms with Gasteiger partial charge in [0.15, 0.2) is 0 Å². The first-order chi connectivity index (χ1) is 12.4. The fourth-order valence-electron chi connectivity index (χ4n) is 2.41. The van der Waals surface area contributed by atoms with Crippen molar-refractivity contribution in [1.82, 2.24) is 5.32 Å². The molecule has 0 unspecified atom stereocenters. The third kappa shape index (κ3) is 6.85. The number of ether oxygens (including phenoxy) is 1. The number of rotatable bonds is 9. The molecule has 1 N–H and O–H groups in total. The highest BCUT2D eigenvalue weighted by Gasteiger charge is 2.20. The van der Waals surface area contributed by atoms with E-state index in [2.05, 4.69) is 5.32 Å². The van der Waals surface area contributed by atoms with Crippen LogP contribution in [-0.2, 0) is 32.6 Å². The summed E-state index contributed by atoms with van der Waals surface area (Å²) in [7, 11) is -3.56. The summed E-state index contributed by atoms with van der Waals surface area (Å²) in [4.78, 5) is 12.2. The van der Waals surface area contributed by atoms with Crippen LogP contribution in [0.5, 0.6) is 5.75 Å². The highest BCUT2D eigenvalue weighted by atomic mass is 32.2. The first kappa shape index (κ1) is 19.9. The summed E-state index contributed by atoms with van der Waals surface area (Å²) in [6.45, 7) is 2.62. The van der Waals surface area contributed by atoms with Crippen molar-refractivity contribution in [3.8, 4) is 5.75 Å². The van der Waals surface area contributed by atoms with Crippen LogP contribution in [0.2, 0.25) is 0 Å². The summed E-state index contributed by atoms with van der Waals surface area (Å²) in [5.74, 6) is -0.0823. The first-order valence-corrected chi connectivity index (χ1v) is 10.1. The molecule has 0 spiro atoms. The SMILES string of the molecule is CCOC(=O)[C@H](Cc1ccc(OS(C)(=O)=O)cc1)NCc1ccccc1. The zero-order chi connectivity index (χ0) is 19.0. The van der Waals surface area contributed by atoms with Gasteiger partial charge in [0, 0.05) is 6.54 Å². The fourth-order valence-corrected chi connectivity index (χ4v) is 2.87. The molecule has 0 heterocycles. The van der Waals surface area contributed by atoms with E-state index >= 15 is 0 Å². The molecule has 0 radical (unpaired) electrons. The van der Waals surface area contributed by atoms with Gasteiger partial charge in [-0.3, -0.25) is 4.79 Å². The van der Waals surface area contributed by atoms with E-state index in [-0.39, 0.29) is 11.7 Å². The van der Waals surface area contributed by atoms with Crippen LogP contribution in [0.1, 0.15) is 18.1 Å². The monoisotopic (exact) mass is 377 g/mol. The lowest BCUT2D eigenvalue weighted by molar-refractivity contribution is -0.145. The number of hydrogen-bond acceptors (Lipinski definition) is 6. The smallest absolute Gasteiger partial charge is 0.323 e. The number of nitrogens with one attached hydrogen (secondary N) is 1. The maximum atomic E-state index is 12.2. The van der Waals surface area contributed by atoms with Gasteiger partial charge in [-0.25, -0.2) is 0 Å². The summed E-state index contributed by atoms with van der Waals surface area (Å²) in [6, 6.07) is 15.9. The van der Waals surface area contributed by atoms with Gasteiger partial charge in [0.05, 0.1) is 12.9 Å². The van der Waals surface area contributed by atoms with E-state index in [0.717, 1.165) is 17.4 Å². The largest absolute Gasteiger partial charge is 0.465 e. The lowest BCUT2D eigenvalue weighted by Gasteiger charge is -2.17. The van der Waals surface area contributed by atoms with Crippen LogP contribution >= 0.6 is 0 Å². The highest BCUT2D eigenvalue weighted by Crippen LogP contribution is 2.15. The van der Waals surface area contributed by atoms with E-state index in [4.69, 9.17) is 8.92 Å². The molecular weight excluding hydrogens is 354 g/mol. The molecule has 0 aliphatic heterocycles. The van der Waals surface area contributed by atoms with Crippen LogP contribution in [0.4, 0.5) is 0 Å². The average Bonchev–Trinajstić information content (AvgIpc) is 2.60. The normalized spacial score (nSPS) is 12.4. The third-order valence-corrected chi connectivity index (χ3v) is 4.07. The maximum Gasteiger partial charge on any atom is 0.323 e. The minimum Gasteiger partial charge on any atom is -0.465 e. The Morgan fingerprint density at radius 3 is 2.27 bits per heavy atom. The Labute approximate surface area is 154 Å². The quantitative estimate of drug-likeness (QED) is 0.533. The Balaban J connectivity index is 2.04. The van der Waals surface area contributed by atoms with Gasteiger partial charge in [0.1, 0.15) is 11.8 Å². The summed E-state index contributed by atoms with van der Waals surface area (Å²) >= 11 is 0. The Bertz CT molecular complexity index is 804. The van der Waals surface area contributed by atoms with Gasteiger partial charge in [-0.1, -0.05) is 42.5 Å². The number of hydrogen-bond donors (Lipinski definition) is 1. The molecule has 1 atom stereocenters. The molecular formula is C19H23NO5S. The maximum absolute atomic E-state index is 12.2. The minimum absolute atomic E-state index is 0.237. The molecule has 0 bridgehead atoms. The van der Waals surface area contributed by atoms with Gasteiger partial charge in [-0.15, -0.1) is 0 Å². The van der Waals surface area contributed by atoms with Crippen molar-refractivity contribution in [2.45, 2.75) is 25.9 Å². The van der Waals surface area contributed by atoms with Crippen LogP contribution in [0, 0.1) is 0 Å². The molecule has 2 rings (SSSR count). The van der Waals surface area contributed by atoms with Crippen LogP contribution < -0.4 is 9.50 Å². The van der Waals surface area contributed by atoms with Gasteiger partial charge in [-0.2, -0.15) is 8.42 Å². The molecule has 0 saturated carbocycles. The van der Waals surface area contributed by atoms with E-state index in [9.17, 15) is 13.2 Å². The Morgan fingerprint density at radius 2 is 1.69 bits per heavy atom. The van der Waals surface area contributed by atoms with Crippen molar-refractivity contribution in [2.24, 2.45) is 0 Å². The van der Waals surface area contributed by atoms with E-state index in [1.807, 2.05) is 30.3 Å². The summed E-state index contributed by atoms with van der Waals surface area (Å²) in [6.07, 6.45) is 1.41. The summed E-state index contributed by atoms with van der Waals surface area (Å²) < 4.78 is 32.3. The molecule has 26 heavy (non-hydrogen) atoms. The van der Waals surface area contributed by atoms with Crippen LogP contribution in [-0.4, -0.2) is 33.3 Å². The average molecular weight is 377 g/mol. The second-order valence-electron chi connectivity index (χ2n) is 5.81. The second-order valence-corrected chi connectivity index (χ2v) is 7.38. The zero-order valence-electron chi connectivity index (χ0n) is 14.8. The summed E-state index contributed by atoms with van der Waals surface area (Å²) in [5, 5.41) is 3.22. The Kier molecular flexibility index (Phi) is 7.17. The minimum atomic E-state index is -3.56. The number of esters is 1. The zero-order valence-corrected chi connectivity index (χ0v) is 15.7. The molecule has 2 aromatic carbocycles. The van der Waals surface area contributed by atoms with Gasteiger partial charge in [0.25, 0.3) is 0 Å². The fraction of sp³-hybridized carbons (Fsp3) is 0.316. The molecule has 0 aliphatic rings. The van der Waals surface area contributed by atoms with Crippen molar-refractivity contribution in [3.63, 3.8) is 0 Å². The van der Waals surface area contributed by atoms with Gasteiger partial charge >= 0.3 is 16.1 Å². The molecule has 7 heteroatoms. The lowest BCUT2D eigenvalue weighted by atomic mass is 10.1. The van der Waals surface area contributed by atoms with Crippen molar-refractivity contribution in [2.75, 3.05) is 12.9 Å². The van der Waals surface area contributed by atoms with Crippen LogP contribution in [0.15, 0.2) is 54.6 Å². The Morgan fingerprint density at radius 1 is 1.04 bits per heavy atom. The molecule has 0 aromatic heterocycles. The van der Waals surface area contributed by atoms with Crippen LogP contribution in [0.25, 0.3) is 0 Å². The lowest BCUT2D eigenvalue weighted by Crippen LogP contribution is -2.39. The molecule has 2 aromatic rings. The highest BCUT2D eigenvalue weighted by molar-refractivity contribution is 7.86. The molecule has 0 saturated heterocycles. The predicted molar refractivity (Wildman–Crippen MR) is 99.3 cm³/mol. The van der Waals surface area contributed by atoms with Gasteiger partial charge in [-0.05, 0) is 36.6 Å². The van der Waals surface area contributed by atoms with Gasteiger partial charge < -0.3 is 14.2 Å². The van der Waals surface area contributed by atoms with E-state index < -0.39 is 16.2 Å². The van der Waals surface area contributed by atoms with Crippen molar-refractivity contribution < 1.29 is 22.1 Å². The van der Waals surface area contributed by atoms with Crippen molar-refractivity contribution in [3.05, 3.63) is 65.7 Å². The molecule has 6 nitrogen and oxygen atoms in total. The van der Waals surface area contributed by atoms with E-state index in [0.29, 0.717) is 19.6 Å². The van der Waals surface area contributed by atoms with Gasteiger partial charge in [0.2, 0.25) is 0 Å². The number of benzene rings is 2. The molecule has 0 fully saturated rings. The van der Waals surface area contributed by atoms with E-state index in [1.165, 1.54) is 0 Å². The van der Waals surface area contributed by atoms with Crippen molar-refractivity contribution in [1.29, 1.82) is 0 Å². The first-order valence-electron chi connectivity index (χ1n) is 8.29. The topological polar surface area (TPSA) is 81.7 Å². The second kappa shape index (κ2) is 9.35. The predicted octanol–water partition coefficient (Wildman–Crippen LogP) is 2.29. The van der Waals surface area contributed by atoms with Crippen molar-refractivity contribution >= 4 is 16.1 Å².